The van der Waals surface area contributed by atoms with E-state index in [1.165, 1.54) is 6.21 Å². The molecular weight excluding hydrogens is 413 g/mol. The fourth-order valence-electron chi connectivity index (χ4n) is 2.53. The fourth-order valence-corrected chi connectivity index (χ4v) is 2.90. The molecule has 154 valence electrons. The Balaban J connectivity index is 2.07. The van der Waals surface area contributed by atoms with E-state index in [9.17, 15) is 9.59 Å². The Labute approximate surface area is 180 Å². The van der Waals surface area contributed by atoms with Crippen molar-refractivity contribution in [2.75, 3.05) is 6.61 Å². The van der Waals surface area contributed by atoms with Crippen LogP contribution in [0.1, 0.15) is 36.7 Å². The molecule has 0 saturated heterocycles. The lowest BCUT2D eigenvalue weighted by Gasteiger charge is -2.20. The third kappa shape index (κ3) is 6.76. The molecule has 0 aliphatic heterocycles. The highest BCUT2D eigenvalue weighted by Crippen LogP contribution is 2.21. The third-order valence-electron chi connectivity index (χ3n) is 3.97. The number of hydrogen-bond donors (Lipinski definition) is 2. The Kier molecular flexibility index (Phi) is 8.49. The van der Waals surface area contributed by atoms with Crippen LogP contribution in [-0.4, -0.2) is 30.7 Å². The fraction of sp³-hybridized carbons (Fsp3) is 0.286. The minimum absolute atomic E-state index is 0.154. The van der Waals surface area contributed by atoms with Gasteiger partial charge in [0.15, 0.2) is 0 Å². The zero-order chi connectivity index (χ0) is 21.4. The van der Waals surface area contributed by atoms with Crippen LogP contribution >= 0.6 is 23.2 Å². The number of nitrogens with zero attached hydrogens (tertiary/aromatic N) is 1. The minimum Gasteiger partial charge on any atom is -0.493 e. The molecule has 2 aromatic carbocycles. The van der Waals surface area contributed by atoms with Crippen LogP contribution in [0.3, 0.4) is 0 Å². The summed E-state index contributed by atoms with van der Waals surface area (Å²) < 4.78 is 5.52. The van der Waals surface area contributed by atoms with Crippen molar-refractivity contribution in [2.45, 2.75) is 26.8 Å². The summed E-state index contributed by atoms with van der Waals surface area (Å²) in [5.41, 5.74) is 3.46. The first-order chi connectivity index (χ1) is 13.8. The second-order valence-electron chi connectivity index (χ2n) is 6.55. The quantitative estimate of drug-likeness (QED) is 0.479. The minimum atomic E-state index is -0.774. The van der Waals surface area contributed by atoms with Gasteiger partial charge in [0.05, 0.1) is 12.8 Å². The highest BCUT2D eigenvalue weighted by atomic mass is 35.5. The number of nitrogens with one attached hydrogen (secondary N) is 2. The van der Waals surface area contributed by atoms with E-state index in [1.807, 2.05) is 20.8 Å². The molecule has 0 saturated carbocycles. The number of halogens is 2. The molecule has 8 heteroatoms. The molecule has 0 heterocycles. The molecule has 0 aromatic heterocycles. The number of hydrogen-bond acceptors (Lipinski definition) is 4. The number of benzene rings is 2. The summed E-state index contributed by atoms with van der Waals surface area (Å²) in [5.74, 6) is -0.381. The van der Waals surface area contributed by atoms with E-state index < -0.39 is 11.9 Å². The first-order valence-corrected chi connectivity index (χ1v) is 9.89. The van der Waals surface area contributed by atoms with E-state index >= 15 is 0 Å². The van der Waals surface area contributed by atoms with Gasteiger partial charge in [-0.05, 0) is 49.2 Å². The van der Waals surface area contributed by atoms with E-state index in [0.717, 1.165) is 0 Å². The average molecular weight is 436 g/mol. The molecule has 0 fully saturated rings. The van der Waals surface area contributed by atoms with E-state index in [0.29, 0.717) is 33.5 Å². The Bertz CT molecular complexity index is 900. The highest BCUT2D eigenvalue weighted by Gasteiger charge is 2.24. The normalized spacial score (nSPS) is 12.1. The van der Waals surface area contributed by atoms with Gasteiger partial charge >= 0.3 is 0 Å². The number of carbonyl (C=O) groups is 2. The lowest BCUT2D eigenvalue weighted by Crippen LogP contribution is -2.48. The van der Waals surface area contributed by atoms with Crippen molar-refractivity contribution in [2.24, 2.45) is 11.0 Å². The molecule has 2 N–H and O–H groups in total. The van der Waals surface area contributed by atoms with Gasteiger partial charge in [0.2, 0.25) is 0 Å². The number of carbonyl (C=O) groups excluding carboxylic acids is 2. The molecule has 0 radical (unpaired) electrons. The first-order valence-electron chi connectivity index (χ1n) is 9.13. The van der Waals surface area contributed by atoms with Crippen molar-refractivity contribution in [1.82, 2.24) is 10.7 Å². The number of hydrazone groups is 1. The van der Waals surface area contributed by atoms with Crippen molar-refractivity contribution in [3.05, 3.63) is 63.6 Å². The maximum atomic E-state index is 12.6. The molecule has 0 aliphatic carbocycles. The van der Waals surface area contributed by atoms with E-state index in [4.69, 9.17) is 27.9 Å². The Morgan fingerprint density at radius 1 is 1.14 bits per heavy atom. The Hall–Kier alpha value is -2.57. The summed E-state index contributed by atoms with van der Waals surface area (Å²) in [4.78, 5) is 25.0. The molecule has 2 rings (SSSR count). The molecule has 0 spiro atoms. The molecule has 0 bridgehead atoms. The molecule has 1 unspecified atom stereocenters. The standard InChI is InChI=1S/C21H23Cl2N3O3/c1-4-29-18-9-8-17(23)11-15(18)12-24-26-21(28)19(13(2)3)25-20(27)14-6-5-7-16(22)10-14/h5-13,19H,4H2,1-3H3,(H,25,27)(H,26,28)/b24-12-. The summed E-state index contributed by atoms with van der Waals surface area (Å²) in [6.07, 6.45) is 1.45. The SMILES string of the molecule is CCOc1ccc(Cl)cc1/C=N\NC(=O)C(NC(=O)c1cccc(Cl)c1)C(C)C. The van der Waals surface area contributed by atoms with Gasteiger partial charge in [-0.3, -0.25) is 9.59 Å². The van der Waals surface area contributed by atoms with Crippen molar-refractivity contribution in [3.8, 4) is 5.75 Å². The maximum absolute atomic E-state index is 12.6. The van der Waals surface area contributed by atoms with Gasteiger partial charge < -0.3 is 10.1 Å². The van der Waals surface area contributed by atoms with Crippen LogP contribution in [0.2, 0.25) is 10.0 Å². The Morgan fingerprint density at radius 3 is 2.52 bits per heavy atom. The van der Waals surface area contributed by atoms with E-state index in [2.05, 4.69) is 15.8 Å². The summed E-state index contributed by atoms with van der Waals surface area (Å²) >= 11 is 11.9. The Morgan fingerprint density at radius 2 is 1.86 bits per heavy atom. The number of amides is 2. The zero-order valence-electron chi connectivity index (χ0n) is 16.4. The van der Waals surface area contributed by atoms with Gasteiger partial charge in [-0.25, -0.2) is 5.43 Å². The predicted molar refractivity (Wildman–Crippen MR) is 116 cm³/mol. The molecule has 0 aliphatic rings. The molecule has 2 amide bonds. The predicted octanol–water partition coefficient (Wildman–Crippen LogP) is 4.30. The molecular formula is C21H23Cl2N3O3. The van der Waals surface area contributed by atoms with Crippen molar-refractivity contribution in [1.29, 1.82) is 0 Å². The van der Waals surface area contributed by atoms with Gasteiger partial charge in [-0.2, -0.15) is 5.10 Å². The zero-order valence-corrected chi connectivity index (χ0v) is 17.9. The van der Waals surface area contributed by atoms with Gasteiger partial charge in [0, 0.05) is 21.2 Å². The molecule has 6 nitrogen and oxygen atoms in total. The van der Waals surface area contributed by atoms with E-state index in [-0.39, 0.29) is 11.8 Å². The van der Waals surface area contributed by atoms with Gasteiger partial charge in [-0.1, -0.05) is 43.1 Å². The van der Waals surface area contributed by atoms with Crippen molar-refractivity contribution < 1.29 is 14.3 Å². The first kappa shape index (κ1) is 22.7. The second kappa shape index (κ2) is 10.8. The van der Waals surface area contributed by atoms with Crippen molar-refractivity contribution >= 4 is 41.2 Å². The van der Waals surface area contributed by atoms with Crippen LogP contribution in [0, 0.1) is 5.92 Å². The number of ether oxygens (including phenoxy) is 1. The average Bonchev–Trinajstić information content (AvgIpc) is 2.67. The van der Waals surface area contributed by atoms with Crippen LogP contribution in [0.25, 0.3) is 0 Å². The van der Waals surface area contributed by atoms with Crippen LogP contribution in [0.15, 0.2) is 47.6 Å². The van der Waals surface area contributed by atoms with Crippen LogP contribution < -0.4 is 15.5 Å². The lowest BCUT2D eigenvalue weighted by molar-refractivity contribution is -0.123. The topological polar surface area (TPSA) is 79.8 Å². The molecule has 1 atom stereocenters. The van der Waals surface area contributed by atoms with Gasteiger partial charge in [0.25, 0.3) is 11.8 Å². The molecule has 2 aromatic rings. The molecule has 29 heavy (non-hydrogen) atoms. The van der Waals surface area contributed by atoms with Gasteiger partial charge in [0.1, 0.15) is 11.8 Å². The van der Waals surface area contributed by atoms with Crippen LogP contribution in [0.5, 0.6) is 5.75 Å². The summed E-state index contributed by atoms with van der Waals surface area (Å²) in [6.45, 7) is 6.01. The highest BCUT2D eigenvalue weighted by molar-refractivity contribution is 6.31. The van der Waals surface area contributed by atoms with Crippen LogP contribution in [0.4, 0.5) is 0 Å². The van der Waals surface area contributed by atoms with Crippen molar-refractivity contribution in [3.63, 3.8) is 0 Å². The second-order valence-corrected chi connectivity index (χ2v) is 7.43. The van der Waals surface area contributed by atoms with Gasteiger partial charge in [-0.15, -0.1) is 0 Å². The van der Waals surface area contributed by atoms with Crippen LogP contribution in [-0.2, 0) is 4.79 Å². The summed E-state index contributed by atoms with van der Waals surface area (Å²) in [7, 11) is 0. The number of rotatable bonds is 8. The summed E-state index contributed by atoms with van der Waals surface area (Å²) in [6, 6.07) is 10.9. The largest absolute Gasteiger partial charge is 0.493 e. The third-order valence-corrected chi connectivity index (χ3v) is 4.44. The lowest BCUT2D eigenvalue weighted by atomic mass is 10.0. The monoisotopic (exact) mass is 435 g/mol. The smallest absolute Gasteiger partial charge is 0.262 e. The summed E-state index contributed by atoms with van der Waals surface area (Å²) in [5, 5.41) is 7.67. The van der Waals surface area contributed by atoms with E-state index in [1.54, 1.807) is 42.5 Å². The maximum Gasteiger partial charge on any atom is 0.262 e.